The van der Waals surface area contributed by atoms with Gasteiger partial charge < -0.3 is 5.32 Å². The summed E-state index contributed by atoms with van der Waals surface area (Å²) in [6.45, 7) is 12.2. The van der Waals surface area contributed by atoms with Gasteiger partial charge in [0.2, 0.25) is 0 Å². The predicted octanol–water partition coefficient (Wildman–Crippen LogP) is 4.15. The highest BCUT2D eigenvalue weighted by atomic mass is 32.2. The van der Waals surface area contributed by atoms with E-state index in [4.69, 9.17) is 0 Å². The molecule has 1 N–H and O–H groups in total. The highest BCUT2D eigenvalue weighted by Gasteiger charge is 2.13. The fraction of sp³-hybridized carbons (Fsp3) is 0.438. The van der Waals surface area contributed by atoms with E-state index >= 15 is 0 Å². The van der Waals surface area contributed by atoms with E-state index in [1.165, 1.54) is 11.8 Å². The van der Waals surface area contributed by atoms with Crippen molar-refractivity contribution in [2.75, 3.05) is 0 Å². The van der Waals surface area contributed by atoms with Crippen molar-refractivity contribution in [3.05, 3.63) is 41.3 Å². The molecule has 0 aromatic heterocycles. The average Bonchev–Trinajstić information content (AvgIpc) is 2.30. The van der Waals surface area contributed by atoms with E-state index in [0.717, 1.165) is 16.9 Å². The highest BCUT2D eigenvalue weighted by Crippen LogP contribution is 2.28. The molecule has 1 rings (SSSR count). The number of amides is 1. The third kappa shape index (κ3) is 5.52. The second kappa shape index (κ2) is 7.39. The average molecular weight is 277 g/mol. The molecule has 0 aliphatic carbocycles. The molecule has 1 amide bonds. The maximum absolute atomic E-state index is 12.0. The molecule has 0 aliphatic rings. The maximum Gasteiger partial charge on any atom is 0.257 e. The Hall–Kier alpha value is -1.22. The molecule has 1 aromatic carbocycles. The SMILES string of the molecule is C=C(Sc1ccccc1C)C(=O)NC(C)CC(C)C. The molecule has 3 heteroatoms. The second-order valence-corrected chi connectivity index (χ2v) is 6.43. The van der Waals surface area contributed by atoms with Crippen molar-refractivity contribution in [1.29, 1.82) is 0 Å². The van der Waals surface area contributed by atoms with E-state index in [-0.39, 0.29) is 11.9 Å². The van der Waals surface area contributed by atoms with Gasteiger partial charge in [-0.1, -0.05) is 50.4 Å². The van der Waals surface area contributed by atoms with Crippen molar-refractivity contribution in [3.63, 3.8) is 0 Å². The lowest BCUT2D eigenvalue weighted by Crippen LogP contribution is -2.33. The van der Waals surface area contributed by atoms with Crippen LogP contribution in [0.1, 0.15) is 32.8 Å². The number of carbonyl (C=O) groups is 1. The summed E-state index contributed by atoms with van der Waals surface area (Å²) in [4.78, 5) is 13.6. The Balaban J connectivity index is 2.54. The first-order chi connectivity index (χ1) is 8.90. The first-order valence-electron chi connectivity index (χ1n) is 6.63. The van der Waals surface area contributed by atoms with Gasteiger partial charge in [-0.15, -0.1) is 0 Å². The van der Waals surface area contributed by atoms with Crippen molar-refractivity contribution in [2.45, 2.75) is 45.1 Å². The zero-order valence-electron chi connectivity index (χ0n) is 12.2. The lowest BCUT2D eigenvalue weighted by Gasteiger charge is -2.16. The molecule has 0 radical (unpaired) electrons. The van der Waals surface area contributed by atoms with Crippen molar-refractivity contribution in [2.24, 2.45) is 5.92 Å². The summed E-state index contributed by atoms with van der Waals surface area (Å²) in [6, 6.07) is 8.20. The normalized spacial score (nSPS) is 12.3. The molecule has 2 nitrogen and oxygen atoms in total. The highest BCUT2D eigenvalue weighted by molar-refractivity contribution is 8.04. The van der Waals surface area contributed by atoms with Gasteiger partial charge in [0, 0.05) is 10.9 Å². The van der Waals surface area contributed by atoms with E-state index in [0.29, 0.717) is 10.8 Å². The number of hydrogen-bond donors (Lipinski definition) is 1. The number of aryl methyl sites for hydroxylation is 1. The van der Waals surface area contributed by atoms with Crippen molar-refractivity contribution < 1.29 is 4.79 Å². The van der Waals surface area contributed by atoms with Gasteiger partial charge in [-0.2, -0.15) is 0 Å². The van der Waals surface area contributed by atoms with E-state index in [1.807, 2.05) is 38.1 Å². The topological polar surface area (TPSA) is 29.1 Å². The summed E-state index contributed by atoms with van der Waals surface area (Å²) < 4.78 is 0. The monoisotopic (exact) mass is 277 g/mol. The van der Waals surface area contributed by atoms with Crippen LogP contribution >= 0.6 is 11.8 Å². The Bertz CT molecular complexity index is 454. The third-order valence-electron chi connectivity index (χ3n) is 2.78. The number of nitrogens with one attached hydrogen (secondary N) is 1. The first-order valence-corrected chi connectivity index (χ1v) is 7.45. The van der Waals surface area contributed by atoms with Crippen LogP contribution in [0.3, 0.4) is 0 Å². The zero-order chi connectivity index (χ0) is 14.4. The number of hydrogen-bond acceptors (Lipinski definition) is 2. The molecule has 0 aliphatic heterocycles. The van der Waals surface area contributed by atoms with E-state index < -0.39 is 0 Å². The number of benzene rings is 1. The Morgan fingerprint density at radius 3 is 2.53 bits per heavy atom. The lowest BCUT2D eigenvalue weighted by atomic mass is 10.1. The largest absolute Gasteiger partial charge is 0.349 e. The molecule has 19 heavy (non-hydrogen) atoms. The summed E-state index contributed by atoms with van der Waals surface area (Å²) in [5.74, 6) is 0.508. The van der Waals surface area contributed by atoms with Crippen LogP contribution < -0.4 is 5.32 Å². The molecule has 1 unspecified atom stereocenters. The molecule has 0 saturated heterocycles. The van der Waals surface area contributed by atoms with Crippen molar-refractivity contribution in [1.82, 2.24) is 5.32 Å². The molecule has 0 fully saturated rings. The van der Waals surface area contributed by atoms with Crippen LogP contribution in [0, 0.1) is 12.8 Å². The van der Waals surface area contributed by atoms with E-state index in [1.54, 1.807) is 0 Å². The fourth-order valence-corrected chi connectivity index (χ4v) is 2.71. The molecule has 104 valence electrons. The smallest absolute Gasteiger partial charge is 0.257 e. The number of rotatable bonds is 6. The molecular weight excluding hydrogens is 254 g/mol. The summed E-state index contributed by atoms with van der Waals surface area (Å²) in [6.07, 6.45) is 0.980. The molecule has 1 atom stereocenters. The van der Waals surface area contributed by atoms with Crippen LogP contribution in [0.2, 0.25) is 0 Å². The van der Waals surface area contributed by atoms with Gasteiger partial charge in [0.15, 0.2) is 0 Å². The van der Waals surface area contributed by atoms with Gasteiger partial charge >= 0.3 is 0 Å². The first kappa shape index (κ1) is 15.8. The van der Waals surface area contributed by atoms with Crippen LogP contribution in [0.5, 0.6) is 0 Å². The van der Waals surface area contributed by atoms with E-state index in [2.05, 4.69) is 25.7 Å². The Morgan fingerprint density at radius 2 is 1.95 bits per heavy atom. The minimum atomic E-state index is -0.0681. The molecule has 0 heterocycles. The van der Waals surface area contributed by atoms with Gasteiger partial charge in [0.1, 0.15) is 0 Å². The van der Waals surface area contributed by atoms with Crippen LogP contribution in [0.15, 0.2) is 40.6 Å². The Kier molecular flexibility index (Phi) is 6.16. The van der Waals surface area contributed by atoms with Crippen LogP contribution in [-0.4, -0.2) is 11.9 Å². The van der Waals surface area contributed by atoms with E-state index in [9.17, 15) is 4.79 Å². The summed E-state index contributed by atoms with van der Waals surface area (Å²) in [5.41, 5.74) is 1.16. The Labute approximate surface area is 120 Å². The summed E-state index contributed by atoms with van der Waals surface area (Å²) in [5, 5.41) is 2.99. The second-order valence-electron chi connectivity index (χ2n) is 5.29. The van der Waals surface area contributed by atoms with Gasteiger partial charge in [-0.3, -0.25) is 4.79 Å². The molecule has 0 bridgehead atoms. The fourth-order valence-electron chi connectivity index (χ4n) is 1.92. The minimum absolute atomic E-state index is 0.0681. The van der Waals surface area contributed by atoms with Gasteiger partial charge in [-0.25, -0.2) is 0 Å². The molecule has 1 aromatic rings. The van der Waals surface area contributed by atoms with Crippen molar-refractivity contribution >= 4 is 17.7 Å². The van der Waals surface area contributed by atoms with Gasteiger partial charge in [0.25, 0.3) is 5.91 Å². The van der Waals surface area contributed by atoms with Crippen LogP contribution in [0.25, 0.3) is 0 Å². The molecule has 0 spiro atoms. The summed E-state index contributed by atoms with van der Waals surface area (Å²) >= 11 is 1.43. The zero-order valence-corrected chi connectivity index (χ0v) is 13.0. The standard InChI is InChI=1S/C16H23NOS/c1-11(2)10-13(4)17-16(18)14(5)19-15-9-7-6-8-12(15)3/h6-9,11,13H,5,10H2,1-4H3,(H,17,18). The minimum Gasteiger partial charge on any atom is -0.349 e. The quantitative estimate of drug-likeness (QED) is 0.625. The van der Waals surface area contributed by atoms with Crippen LogP contribution in [-0.2, 0) is 4.79 Å². The van der Waals surface area contributed by atoms with Gasteiger partial charge in [-0.05, 0) is 37.8 Å². The van der Waals surface area contributed by atoms with Crippen LogP contribution in [0.4, 0.5) is 0 Å². The molecule has 0 saturated carbocycles. The predicted molar refractivity (Wildman–Crippen MR) is 83.2 cm³/mol. The molecular formula is C16H23NOS. The lowest BCUT2D eigenvalue weighted by molar-refractivity contribution is -0.117. The summed E-state index contributed by atoms with van der Waals surface area (Å²) in [7, 11) is 0. The third-order valence-corrected chi connectivity index (χ3v) is 3.89. The maximum atomic E-state index is 12.0. The number of carbonyl (C=O) groups excluding carboxylic acids is 1. The van der Waals surface area contributed by atoms with Crippen molar-refractivity contribution in [3.8, 4) is 0 Å². The Morgan fingerprint density at radius 1 is 1.32 bits per heavy atom. The van der Waals surface area contributed by atoms with Gasteiger partial charge in [0.05, 0.1) is 4.91 Å². The number of thioether (sulfide) groups is 1.